The van der Waals surface area contributed by atoms with Crippen molar-refractivity contribution < 1.29 is 28.3 Å². The largest absolute Gasteiger partial charge is 0.369 e. The number of aryl methyl sites for hydroxylation is 1. The molecule has 3 atom stereocenters. The van der Waals surface area contributed by atoms with E-state index in [4.69, 9.17) is 4.74 Å². The Morgan fingerprint density at radius 2 is 2.05 bits per heavy atom. The molecule has 2 aliphatic heterocycles. The second-order valence-corrected chi connectivity index (χ2v) is 9.66. The van der Waals surface area contributed by atoms with Crippen LogP contribution in [0.5, 0.6) is 0 Å². The highest BCUT2D eigenvalue weighted by Gasteiger charge is 2.44. The van der Waals surface area contributed by atoms with Crippen LogP contribution in [0.15, 0.2) is 24.4 Å². The smallest absolute Gasteiger partial charge is 0.250 e. The van der Waals surface area contributed by atoms with Crippen molar-refractivity contribution in [1.29, 1.82) is 0 Å². The summed E-state index contributed by atoms with van der Waals surface area (Å²) < 4.78 is 17.2. The maximum atomic E-state index is 13.8. The Bertz CT molecular complexity index is 1170. The van der Waals surface area contributed by atoms with Gasteiger partial charge in [-0.1, -0.05) is 32.0 Å². The molecule has 4 amide bonds. The monoisotopic (exact) mass is 529 g/mol. The number of amides is 4. The summed E-state index contributed by atoms with van der Waals surface area (Å²) in [6, 6.07) is 3.13. The molecule has 0 bridgehead atoms. The van der Waals surface area contributed by atoms with Gasteiger partial charge >= 0.3 is 0 Å². The van der Waals surface area contributed by atoms with E-state index in [2.05, 4.69) is 31.4 Å². The lowest BCUT2D eigenvalue weighted by atomic mass is 10.00. The maximum absolute atomic E-state index is 13.8. The van der Waals surface area contributed by atoms with E-state index >= 15 is 0 Å². The lowest BCUT2D eigenvalue weighted by Crippen LogP contribution is -2.58. The van der Waals surface area contributed by atoms with Gasteiger partial charge in [0.15, 0.2) is 0 Å². The summed E-state index contributed by atoms with van der Waals surface area (Å²) in [4.78, 5) is 53.9. The van der Waals surface area contributed by atoms with Crippen molar-refractivity contribution in [3.63, 3.8) is 0 Å². The van der Waals surface area contributed by atoms with Gasteiger partial charge in [-0.05, 0) is 29.9 Å². The standard InChI is InChI=1S/C25H32FN7O5/c1-14(2)21(30-20(34)13-38-9-8-26)24(36)29-18-7-6-15-4-3-5-16-10-19(33(22(15)16)25(18)37)23(35)27-11-17-12-28-32-31-17/h3-5,12,14,18-19,21H,6-11,13H2,1-2H3,(H,27,35)(H,29,36)(H,30,34)(H,28,31,32)/t18-,19-,21-/m0/s1. The highest BCUT2D eigenvalue weighted by molar-refractivity contribution is 6.08. The number of anilines is 1. The van der Waals surface area contributed by atoms with Gasteiger partial charge < -0.3 is 20.7 Å². The van der Waals surface area contributed by atoms with Gasteiger partial charge in [-0.3, -0.25) is 24.1 Å². The number of benzene rings is 1. The van der Waals surface area contributed by atoms with Gasteiger partial charge in [-0.2, -0.15) is 15.4 Å². The van der Waals surface area contributed by atoms with Gasteiger partial charge in [0.1, 0.15) is 37.1 Å². The Balaban J connectivity index is 1.49. The SMILES string of the molecule is CC(C)[C@H](NC(=O)COCCF)C(=O)N[C@H]1CCc2cccc3c2N(C1=O)[C@H](C(=O)NCc1cn[nH]n1)C3. The minimum Gasteiger partial charge on any atom is -0.369 e. The summed E-state index contributed by atoms with van der Waals surface area (Å²) >= 11 is 0. The van der Waals surface area contributed by atoms with Crippen LogP contribution in [0, 0.1) is 5.92 Å². The van der Waals surface area contributed by atoms with Crippen molar-refractivity contribution in [1.82, 2.24) is 31.4 Å². The summed E-state index contributed by atoms with van der Waals surface area (Å²) in [6.07, 6.45) is 2.72. The lowest BCUT2D eigenvalue weighted by Gasteiger charge is -2.29. The molecule has 2 aliphatic rings. The predicted molar refractivity (Wildman–Crippen MR) is 133 cm³/mol. The first-order valence-electron chi connectivity index (χ1n) is 12.6. The van der Waals surface area contributed by atoms with E-state index in [0.29, 0.717) is 25.0 Å². The molecule has 12 nitrogen and oxygen atoms in total. The summed E-state index contributed by atoms with van der Waals surface area (Å²) in [6.45, 7) is 2.38. The van der Waals surface area contributed by atoms with Gasteiger partial charge in [-0.15, -0.1) is 0 Å². The predicted octanol–water partition coefficient (Wildman–Crippen LogP) is -0.0633. The fourth-order valence-electron chi connectivity index (χ4n) is 4.81. The normalized spacial score (nSPS) is 19.1. The molecule has 0 aliphatic carbocycles. The number of H-pyrrole nitrogens is 1. The third-order valence-corrected chi connectivity index (χ3v) is 6.65. The van der Waals surface area contributed by atoms with Crippen LogP contribution in [0.25, 0.3) is 0 Å². The average molecular weight is 530 g/mol. The number of ether oxygens (including phenoxy) is 1. The van der Waals surface area contributed by atoms with Crippen molar-refractivity contribution in [2.75, 3.05) is 24.8 Å². The molecule has 204 valence electrons. The van der Waals surface area contributed by atoms with E-state index in [1.807, 2.05) is 18.2 Å². The van der Waals surface area contributed by atoms with Crippen LogP contribution in [0.2, 0.25) is 0 Å². The highest BCUT2D eigenvalue weighted by Crippen LogP contribution is 2.39. The van der Waals surface area contributed by atoms with E-state index in [1.165, 1.54) is 11.1 Å². The molecule has 3 heterocycles. The molecular formula is C25H32FN7O5. The van der Waals surface area contributed by atoms with Crippen LogP contribution >= 0.6 is 0 Å². The van der Waals surface area contributed by atoms with E-state index in [-0.39, 0.29) is 37.5 Å². The van der Waals surface area contributed by atoms with Crippen molar-refractivity contribution in [3.05, 3.63) is 41.2 Å². The van der Waals surface area contributed by atoms with Gasteiger partial charge in [0.05, 0.1) is 25.0 Å². The molecule has 4 N–H and O–H groups in total. The number of nitrogens with zero attached hydrogens (tertiary/aromatic N) is 3. The molecule has 4 rings (SSSR count). The number of aromatic nitrogens is 3. The quantitative estimate of drug-likeness (QED) is 0.297. The van der Waals surface area contributed by atoms with E-state index in [9.17, 15) is 23.6 Å². The minimum absolute atomic E-state index is 0.155. The van der Waals surface area contributed by atoms with Gasteiger partial charge in [0.2, 0.25) is 23.6 Å². The zero-order valence-electron chi connectivity index (χ0n) is 21.3. The summed E-state index contributed by atoms with van der Waals surface area (Å²) in [5.41, 5.74) is 3.09. The summed E-state index contributed by atoms with van der Waals surface area (Å²) in [7, 11) is 0. The van der Waals surface area contributed by atoms with Crippen molar-refractivity contribution in [3.8, 4) is 0 Å². The number of halogens is 1. The molecule has 1 aromatic carbocycles. The first kappa shape index (κ1) is 27.2. The number of aromatic amines is 1. The Hall–Kier alpha value is -3.87. The van der Waals surface area contributed by atoms with Crippen molar-refractivity contribution in [2.45, 2.75) is 57.8 Å². The number of nitrogens with one attached hydrogen (secondary N) is 4. The van der Waals surface area contributed by atoms with Gasteiger partial charge in [-0.25, -0.2) is 4.39 Å². The molecule has 13 heteroatoms. The molecule has 0 radical (unpaired) electrons. The van der Waals surface area contributed by atoms with Crippen LogP contribution in [-0.4, -0.2) is 77.1 Å². The van der Waals surface area contributed by atoms with E-state index in [1.54, 1.807) is 13.8 Å². The number of para-hydroxylation sites is 1. The maximum Gasteiger partial charge on any atom is 0.250 e. The lowest BCUT2D eigenvalue weighted by molar-refractivity contribution is -0.134. The number of hydrogen-bond acceptors (Lipinski definition) is 7. The number of alkyl halides is 1. The minimum atomic E-state index is -0.925. The van der Waals surface area contributed by atoms with E-state index < -0.39 is 36.6 Å². The first-order chi connectivity index (χ1) is 18.3. The topological polar surface area (TPSA) is 158 Å². The Morgan fingerprint density at radius 1 is 1.26 bits per heavy atom. The fourth-order valence-corrected chi connectivity index (χ4v) is 4.81. The third kappa shape index (κ3) is 5.98. The van der Waals surface area contributed by atoms with Crippen molar-refractivity contribution in [2.24, 2.45) is 5.92 Å². The molecule has 1 aromatic heterocycles. The second-order valence-electron chi connectivity index (χ2n) is 9.66. The summed E-state index contributed by atoms with van der Waals surface area (Å²) in [5.74, 6) is -2.08. The Kier molecular flexibility index (Phi) is 8.66. The van der Waals surface area contributed by atoms with Crippen LogP contribution in [-0.2, 0) is 43.3 Å². The molecule has 0 saturated carbocycles. The van der Waals surface area contributed by atoms with Crippen molar-refractivity contribution >= 4 is 29.3 Å². The van der Waals surface area contributed by atoms with Crippen LogP contribution in [0.4, 0.5) is 10.1 Å². The van der Waals surface area contributed by atoms with Crippen LogP contribution in [0.1, 0.15) is 37.1 Å². The number of hydrogen-bond donors (Lipinski definition) is 4. The molecule has 0 unspecified atom stereocenters. The number of rotatable bonds is 11. The van der Waals surface area contributed by atoms with E-state index in [0.717, 1.165) is 16.8 Å². The fraction of sp³-hybridized carbons (Fsp3) is 0.520. The molecule has 0 fully saturated rings. The molecule has 2 aromatic rings. The van der Waals surface area contributed by atoms with Crippen LogP contribution in [0.3, 0.4) is 0 Å². The van der Waals surface area contributed by atoms with Crippen LogP contribution < -0.4 is 20.9 Å². The van der Waals surface area contributed by atoms with Gasteiger partial charge in [0, 0.05) is 6.42 Å². The Labute approximate surface area is 219 Å². The zero-order chi connectivity index (χ0) is 27.2. The molecule has 0 spiro atoms. The number of carbonyl (C=O) groups excluding carboxylic acids is 4. The molecular weight excluding hydrogens is 497 g/mol. The Morgan fingerprint density at radius 3 is 2.76 bits per heavy atom. The summed E-state index contributed by atoms with van der Waals surface area (Å²) in [5, 5.41) is 18.4. The highest BCUT2D eigenvalue weighted by atomic mass is 19.1. The molecule has 0 saturated heterocycles. The van der Waals surface area contributed by atoms with Gasteiger partial charge in [0.25, 0.3) is 0 Å². The average Bonchev–Trinajstić information content (AvgIpc) is 3.53. The third-order valence-electron chi connectivity index (χ3n) is 6.65. The zero-order valence-corrected chi connectivity index (χ0v) is 21.3. The number of carbonyl (C=O) groups is 4. The molecule has 38 heavy (non-hydrogen) atoms. The first-order valence-corrected chi connectivity index (χ1v) is 12.6. The second kappa shape index (κ2) is 12.1.